The van der Waals surface area contributed by atoms with Crippen LogP contribution in [0.5, 0.6) is 0 Å². The van der Waals surface area contributed by atoms with Gasteiger partial charge in [-0.2, -0.15) is 0 Å². The van der Waals surface area contributed by atoms with E-state index >= 15 is 0 Å². The van der Waals surface area contributed by atoms with Gasteiger partial charge >= 0.3 is 0 Å². The molecule has 0 bridgehead atoms. The molecule has 1 spiro atoms. The molecule has 1 saturated heterocycles. The van der Waals surface area contributed by atoms with Crippen LogP contribution in [-0.4, -0.2) is 23.8 Å². The minimum atomic E-state index is 0.0861. The van der Waals surface area contributed by atoms with Gasteiger partial charge in [-0.25, -0.2) is 0 Å². The van der Waals surface area contributed by atoms with E-state index in [1.54, 1.807) is 0 Å². The SMILES string of the molecule is O=C1CC2c3ccccc3CCN2CC12CC2. The van der Waals surface area contributed by atoms with Gasteiger partial charge in [-0.1, -0.05) is 24.3 Å². The molecule has 0 radical (unpaired) electrons. The van der Waals surface area contributed by atoms with Crippen molar-refractivity contribution in [3.05, 3.63) is 35.4 Å². The van der Waals surface area contributed by atoms with Gasteiger partial charge in [0.2, 0.25) is 0 Å². The number of nitrogens with zero attached hydrogens (tertiary/aromatic N) is 1. The molecule has 88 valence electrons. The number of rotatable bonds is 0. The standard InChI is InChI=1S/C15H17NO/c17-14-9-13-12-4-2-1-3-11(12)5-8-16(13)10-15(14)6-7-15/h1-4,13H,5-10H2. The van der Waals surface area contributed by atoms with E-state index in [-0.39, 0.29) is 5.41 Å². The first-order valence-corrected chi connectivity index (χ1v) is 6.64. The van der Waals surface area contributed by atoms with Crippen molar-refractivity contribution in [2.45, 2.75) is 31.7 Å². The van der Waals surface area contributed by atoms with Gasteiger partial charge in [0.05, 0.1) is 0 Å². The van der Waals surface area contributed by atoms with Crippen molar-refractivity contribution in [2.24, 2.45) is 5.41 Å². The summed E-state index contributed by atoms with van der Waals surface area (Å²) in [5.41, 5.74) is 2.94. The summed E-state index contributed by atoms with van der Waals surface area (Å²) in [6.07, 6.45) is 4.17. The zero-order chi connectivity index (χ0) is 11.5. The first kappa shape index (κ1) is 9.84. The molecule has 0 aromatic heterocycles. The molecule has 2 nitrogen and oxygen atoms in total. The second-order valence-electron chi connectivity index (χ2n) is 5.84. The molecule has 1 aliphatic carbocycles. The van der Waals surface area contributed by atoms with Crippen molar-refractivity contribution >= 4 is 5.78 Å². The molecule has 2 heterocycles. The number of hydrogen-bond acceptors (Lipinski definition) is 2. The van der Waals surface area contributed by atoms with Gasteiger partial charge in [0.15, 0.2) is 0 Å². The molecule has 2 heteroatoms. The average Bonchev–Trinajstić information content (AvgIpc) is 3.12. The van der Waals surface area contributed by atoms with Crippen LogP contribution in [0.25, 0.3) is 0 Å². The van der Waals surface area contributed by atoms with Crippen LogP contribution in [0.2, 0.25) is 0 Å². The minimum Gasteiger partial charge on any atom is -0.299 e. The maximum atomic E-state index is 12.2. The van der Waals surface area contributed by atoms with Crippen LogP contribution < -0.4 is 0 Å². The summed E-state index contributed by atoms with van der Waals surface area (Å²) in [6.45, 7) is 2.15. The third-order valence-electron chi connectivity index (χ3n) is 4.85. The number of Topliss-reactive ketones (excluding diaryl/α,β-unsaturated/α-hetero) is 1. The van der Waals surface area contributed by atoms with Crippen LogP contribution in [0.4, 0.5) is 0 Å². The lowest BCUT2D eigenvalue weighted by molar-refractivity contribution is -0.130. The Morgan fingerprint density at radius 1 is 1.24 bits per heavy atom. The van der Waals surface area contributed by atoms with Gasteiger partial charge in [-0.3, -0.25) is 9.69 Å². The smallest absolute Gasteiger partial charge is 0.142 e. The van der Waals surface area contributed by atoms with E-state index in [0.29, 0.717) is 11.8 Å². The Bertz CT molecular complexity index is 489. The van der Waals surface area contributed by atoms with Crippen LogP contribution in [-0.2, 0) is 11.2 Å². The van der Waals surface area contributed by atoms with Crippen molar-refractivity contribution < 1.29 is 4.79 Å². The molecule has 1 atom stereocenters. The van der Waals surface area contributed by atoms with E-state index in [1.165, 1.54) is 11.1 Å². The summed E-state index contributed by atoms with van der Waals surface area (Å²) >= 11 is 0. The fourth-order valence-electron chi connectivity index (χ4n) is 3.59. The van der Waals surface area contributed by atoms with E-state index in [0.717, 1.165) is 38.8 Å². The summed E-state index contributed by atoms with van der Waals surface area (Å²) < 4.78 is 0. The highest BCUT2D eigenvalue weighted by molar-refractivity contribution is 5.89. The van der Waals surface area contributed by atoms with Crippen LogP contribution in [0, 0.1) is 5.41 Å². The van der Waals surface area contributed by atoms with Crippen molar-refractivity contribution in [1.82, 2.24) is 4.90 Å². The highest BCUT2D eigenvalue weighted by atomic mass is 16.1. The van der Waals surface area contributed by atoms with Crippen LogP contribution in [0.3, 0.4) is 0 Å². The Hall–Kier alpha value is -1.15. The number of carbonyl (C=O) groups excluding carboxylic acids is 1. The summed E-state index contributed by atoms with van der Waals surface area (Å²) in [7, 11) is 0. The van der Waals surface area contributed by atoms with Crippen LogP contribution >= 0.6 is 0 Å². The predicted octanol–water partition coefficient (Wildman–Crippen LogP) is 2.34. The van der Waals surface area contributed by atoms with Crippen LogP contribution in [0.15, 0.2) is 24.3 Å². The number of ketones is 1. The van der Waals surface area contributed by atoms with E-state index in [1.807, 2.05) is 0 Å². The van der Waals surface area contributed by atoms with E-state index in [2.05, 4.69) is 29.2 Å². The summed E-state index contributed by atoms with van der Waals surface area (Å²) in [5.74, 6) is 0.524. The number of hydrogen-bond donors (Lipinski definition) is 0. The van der Waals surface area contributed by atoms with Gasteiger partial charge < -0.3 is 0 Å². The first-order chi connectivity index (χ1) is 8.28. The Morgan fingerprint density at radius 2 is 2.06 bits per heavy atom. The van der Waals surface area contributed by atoms with Gasteiger partial charge in [0.25, 0.3) is 0 Å². The molecule has 1 saturated carbocycles. The van der Waals surface area contributed by atoms with Gasteiger partial charge in [-0.15, -0.1) is 0 Å². The molecule has 2 aliphatic heterocycles. The lowest BCUT2D eigenvalue weighted by atomic mass is 9.81. The molecule has 1 aromatic rings. The summed E-state index contributed by atoms with van der Waals surface area (Å²) in [5, 5.41) is 0. The van der Waals surface area contributed by atoms with E-state index in [9.17, 15) is 4.79 Å². The second-order valence-corrected chi connectivity index (χ2v) is 5.84. The maximum Gasteiger partial charge on any atom is 0.142 e. The van der Waals surface area contributed by atoms with Crippen molar-refractivity contribution in [3.63, 3.8) is 0 Å². The predicted molar refractivity (Wildman–Crippen MR) is 65.8 cm³/mol. The third kappa shape index (κ3) is 1.34. The minimum absolute atomic E-state index is 0.0861. The zero-order valence-corrected chi connectivity index (χ0v) is 9.98. The quantitative estimate of drug-likeness (QED) is 0.678. The molecular weight excluding hydrogens is 210 g/mol. The molecule has 0 N–H and O–H groups in total. The summed E-state index contributed by atoms with van der Waals surface area (Å²) in [4.78, 5) is 14.8. The number of carbonyl (C=O) groups is 1. The van der Waals surface area contributed by atoms with E-state index < -0.39 is 0 Å². The number of piperidine rings is 1. The van der Waals surface area contributed by atoms with Crippen molar-refractivity contribution in [1.29, 1.82) is 0 Å². The maximum absolute atomic E-state index is 12.2. The van der Waals surface area contributed by atoms with Gasteiger partial charge in [0.1, 0.15) is 5.78 Å². The number of benzene rings is 1. The molecule has 17 heavy (non-hydrogen) atoms. The molecule has 0 amide bonds. The Labute approximate surface area is 102 Å². The summed E-state index contributed by atoms with van der Waals surface area (Å²) in [6, 6.07) is 9.03. The fraction of sp³-hybridized carbons (Fsp3) is 0.533. The van der Waals surface area contributed by atoms with Crippen molar-refractivity contribution in [3.8, 4) is 0 Å². The molecule has 1 unspecified atom stereocenters. The van der Waals surface area contributed by atoms with Crippen LogP contribution in [0.1, 0.15) is 36.4 Å². The topological polar surface area (TPSA) is 20.3 Å². The molecule has 4 rings (SSSR count). The third-order valence-corrected chi connectivity index (χ3v) is 4.85. The second kappa shape index (κ2) is 3.20. The first-order valence-electron chi connectivity index (χ1n) is 6.64. The Kier molecular flexibility index (Phi) is 1.85. The molecular formula is C15H17NO. The Balaban J connectivity index is 1.73. The zero-order valence-electron chi connectivity index (χ0n) is 9.98. The van der Waals surface area contributed by atoms with Crippen molar-refractivity contribution in [2.75, 3.05) is 13.1 Å². The fourth-order valence-corrected chi connectivity index (χ4v) is 3.59. The highest BCUT2D eigenvalue weighted by Gasteiger charge is 2.54. The molecule has 2 fully saturated rings. The van der Waals surface area contributed by atoms with E-state index in [4.69, 9.17) is 0 Å². The number of fused-ring (bicyclic) bond motifs is 3. The Morgan fingerprint density at radius 3 is 2.88 bits per heavy atom. The van der Waals surface area contributed by atoms with Gasteiger partial charge in [0, 0.05) is 31.0 Å². The lowest BCUT2D eigenvalue weighted by Crippen LogP contribution is -2.47. The molecule has 1 aromatic carbocycles. The average molecular weight is 227 g/mol. The molecule has 3 aliphatic rings. The van der Waals surface area contributed by atoms with Gasteiger partial charge in [-0.05, 0) is 30.4 Å². The highest BCUT2D eigenvalue weighted by Crippen LogP contribution is 2.53. The largest absolute Gasteiger partial charge is 0.299 e. The normalized spacial score (nSPS) is 29.9. The lowest BCUT2D eigenvalue weighted by Gasteiger charge is -2.43. The monoisotopic (exact) mass is 227 g/mol.